The Morgan fingerprint density at radius 1 is 0.714 bits per heavy atom. The van der Waals surface area contributed by atoms with Gasteiger partial charge in [0.05, 0.1) is 0 Å². The molecule has 0 aromatic heterocycles. The number of benzene rings is 3. The predicted octanol–water partition coefficient (Wildman–Crippen LogP) is 8.15. The Bertz CT molecular complexity index is 970. The molecule has 28 heavy (non-hydrogen) atoms. The van der Waals surface area contributed by atoms with Crippen molar-refractivity contribution in [3.05, 3.63) is 83.4 Å². The quantitative estimate of drug-likeness (QED) is 0.431. The minimum absolute atomic E-state index is 0. The molecule has 3 aromatic carbocycles. The fourth-order valence-electron chi connectivity index (χ4n) is 4.23. The number of rotatable bonds is 3. The van der Waals surface area contributed by atoms with Crippen LogP contribution in [-0.2, 0) is 0 Å². The van der Waals surface area contributed by atoms with Crippen LogP contribution in [0.15, 0.2) is 60.7 Å². The van der Waals surface area contributed by atoms with E-state index in [2.05, 4.69) is 31.2 Å². The highest BCUT2D eigenvalue weighted by Gasteiger charge is 2.19. The standard InChI is InChI=1S/C26H26F2.H2/c1-17-3-6-19(7-4-17)20-9-11-21(12-10-20)22-13-14-24(26(28)15-22)23-8-5-18(2)25(27)16-23;/h5,8-17,19H,3-4,6-7H2,1-2H3;1H. The van der Waals surface area contributed by atoms with Crippen LogP contribution in [0, 0.1) is 24.5 Å². The molecule has 0 aliphatic heterocycles. The minimum atomic E-state index is -0.328. The van der Waals surface area contributed by atoms with Gasteiger partial charge in [-0.05, 0) is 71.6 Å². The lowest BCUT2D eigenvalue weighted by molar-refractivity contribution is 0.348. The molecule has 0 atom stereocenters. The second-order valence-electron chi connectivity index (χ2n) is 8.24. The third-order valence-corrected chi connectivity index (χ3v) is 6.18. The average Bonchev–Trinajstić information content (AvgIpc) is 2.71. The van der Waals surface area contributed by atoms with Crippen molar-refractivity contribution in [1.82, 2.24) is 0 Å². The number of aryl methyl sites for hydroxylation is 1. The van der Waals surface area contributed by atoms with Gasteiger partial charge in [0, 0.05) is 6.99 Å². The molecule has 0 spiro atoms. The van der Waals surface area contributed by atoms with Crippen LogP contribution in [0.1, 0.15) is 51.1 Å². The molecule has 2 heteroatoms. The maximum atomic E-state index is 14.7. The maximum Gasteiger partial charge on any atom is 0.131 e. The van der Waals surface area contributed by atoms with Gasteiger partial charge in [0.2, 0.25) is 0 Å². The van der Waals surface area contributed by atoms with Crippen LogP contribution in [0.4, 0.5) is 8.78 Å². The molecular formula is C26H28F2. The fourth-order valence-corrected chi connectivity index (χ4v) is 4.23. The zero-order chi connectivity index (χ0) is 19.7. The second-order valence-corrected chi connectivity index (χ2v) is 8.24. The summed E-state index contributed by atoms with van der Waals surface area (Å²) < 4.78 is 28.6. The van der Waals surface area contributed by atoms with Gasteiger partial charge in [0.15, 0.2) is 0 Å². The molecular weight excluding hydrogens is 350 g/mol. The normalized spacial score (nSPS) is 19.6. The molecule has 0 saturated heterocycles. The summed E-state index contributed by atoms with van der Waals surface area (Å²) in [6, 6.07) is 18.6. The summed E-state index contributed by atoms with van der Waals surface area (Å²) in [5, 5.41) is 0. The minimum Gasteiger partial charge on any atom is -0.207 e. The van der Waals surface area contributed by atoms with Gasteiger partial charge in [-0.3, -0.25) is 0 Å². The van der Waals surface area contributed by atoms with E-state index in [1.807, 2.05) is 6.07 Å². The van der Waals surface area contributed by atoms with Gasteiger partial charge in [-0.2, -0.15) is 0 Å². The highest BCUT2D eigenvalue weighted by atomic mass is 19.1. The fraction of sp³-hybridized carbons (Fsp3) is 0.308. The van der Waals surface area contributed by atoms with Crippen molar-refractivity contribution < 1.29 is 10.2 Å². The molecule has 0 radical (unpaired) electrons. The van der Waals surface area contributed by atoms with Crippen molar-refractivity contribution in [1.29, 1.82) is 0 Å². The van der Waals surface area contributed by atoms with E-state index in [0.29, 0.717) is 22.6 Å². The zero-order valence-electron chi connectivity index (χ0n) is 16.5. The van der Waals surface area contributed by atoms with Crippen LogP contribution in [0.25, 0.3) is 22.3 Å². The lowest BCUT2D eigenvalue weighted by Crippen LogP contribution is -2.10. The predicted molar refractivity (Wildman–Crippen MR) is 114 cm³/mol. The first-order valence-corrected chi connectivity index (χ1v) is 10.2. The smallest absolute Gasteiger partial charge is 0.131 e. The number of hydrogen-bond acceptors (Lipinski definition) is 0. The molecule has 1 aliphatic rings. The summed E-state index contributed by atoms with van der Waals surface area (Å²) in [5.41, 5.74) is 4.80. The summed E-state index contributed by atoms with van der Waals surface area (Å²) in [6.07, 6.45) is 5.13. The Morgan fingerprint density at radius 3 is 1.96 bits per heavy atom. The molecule has 146 valence electrons. The van der Waals surface area contributed by atoms with Gasteiger partial charge in [-0.15, -0.1) is 0 Å². The van der Waals surface area contributed by atoms with Crippen molar-refractivity contribution in [2.45, 2.75) is 45.4 Å². The molecule has 0 nitrogen and oxygen atoms in total. The average molecular weight is 379 g/mol. The Kier molecular flexibility index (Phi) is 5.30. The van der Waals surface area contributed by atoms with Gasteiger partial charge in [0.1, 0.15) is 11.6 Å². The summed E-state index contributed by atoms with van der Waals surface area (Å²) in [7, 11) is 0. The molecule has 0 amide bonds. The highest BCUT2D eigenvalue weighted by Crippen LogP contribution is 2.36. The van der Waals surface area contributed by atoms with Gasteiger partial charge in [-0.1, -0.05) is 68.3 Å². The lowest BCUT2D eigenvalue weighted by Gasteiger charge is -2.26. The van der Waals surface area contributed by atoms with Crippen LogP contribution in [-0.4, -0.2) is 0 Å². The van der Waals surface area contributed by atoms with Gasteiger partial charge in [-0.25, -0.2) is 8.78 Å². The summed E-state index contributed by atoms with van der Waals surface area (Å²) >= 11 is 0. The summed E-state index contributed by atoms with van der Waals surface area (Å²) in [6.45, 7) is 4.04. The summed E-state index contributed by atoms with van der Waals surface area (Å²) in [5.74, 6) is 0.861. The lowest BCUT2D eigenvalue weighted by atomic mass is 9.79. The SMILES string of the molecule is Cc1ccc(-c2ccc(-c3ccc(C4CCC(C)CC4)cc3)cc2F)cc1F.[HH]. The first kappa shape index (κ1) is 18.9. The molecule has 0 N–H and O–H groups in total. The highest BCUT2D eigenvalue weighted by molar-refractivity contribution is 5.71. The van der Waals surface area contributed by atoms with E-state index in [9.17, 15) is 8.78 Å². The topological polar surface area (TPSA) is 0 Å². The van der Waals surface area contributed by atoms with Crippen LogP contribution in [0.3, 0.4) is 0 Å². The molecule has 0 bridgehead atoms. The third-order valence-electron chi connectivity index (χ3n) is 6.18. The number of halogens is 2. The first-order chi connectivity index (χ1) is 13.5. The molecule has 4 rings (SSSR count). The largest absolute Gasteiger partial charge is 0.207 e. The van der Waals surface area contributed by atoms with Crippen LogP contribution in [0.5, 0.6) is 0 Å². The zero-order valence-corrected chi connectivity index (χ0v) is 16.5. The van der Waals surface area contributed by atoms with Gasteiger partial charge in [0.25, 0.3) is 0 Å². The van der Waals surface area contributed by atoms with E-state index < -0.39 is 0 Å². The van der Waals surface area contributed by atoms with E-state index >= 15 is 0 Å². The Labute approximate surface area is 167 Å². The van der Waals surface area contributed by atoms with Gasteiger partial charge < -0.3 is 0 Å². The molecule has 0 heterocycles. The van der Waals surface area contributed by atoms with Crippen molar-refractivity contribution in [2.24, 2.45) is 5.92 Å². The Morgan fingerprint density at radius 2 is 1.32 bits per heavy atom. The van der Waals surface area contributed by atoms with Crippen molar-refractivity contribution >= 4 is 0 Å². The third kappa shape index (κ3) is 3.87. The second kappa shape index (κ2) is 7.87. The van der Waals surface area contributed by atoms with E-state index in [1.165, 1.54) is 37.3 Å². The molecule has 1 aliphatic carbocycles. The van der Waals surface area contributed by atoms with Crippen LogP contribution >= 0.6 is 0 Å². The van der Waals surface area contributed by atoms with Crippen molar-refractivity contribution in [3.8, 4) is 22.3 Å². The van der Waals surface area contributed by atoms with Crippen molar-refractivity contribution in [3.63, 3.8) is 0 Å². The number of hydrogen-bond donors (Lipinski definition) is 0. The van der Waals surface area contributed by atoms with E-state index in [-0.39, 0.29) is 13.1 Å². The van der Waals surface area contributed by atoms with Crippen LogP contribution in [0.2, 0.25) is 0 Å². The first-order valence-electron chi connectivity index (χ1n) is 10.2. The summed E-state index contributed by atoms with van der Waals surface area (Å²) in [4.78, 5) is 0. The molecule has 0 unspecified atom stereocenters. The Hall–Kier alpha value is -2.48. The van der Waals surface area contributed by atoms with Gasteiger partial charge >= 0.3 is 0 Å². The van der Waals surface area contributed by atoms with Crippen LogP contribution < -0.4 is 0 Å². The van der Waals surface area contributed by atoms with E-state index in [4.69, 9.17) is 0 Å². The molecule has 1 fully saturated rings. The maximum absolute atomic E-state index is 14.7. The van der Waals surface area contributed by atoms with E-state index in [1.54, 1.807) is 31.2 Å². The van der Waals surface area contributed by atoms with E-state index in [0.717, 1.165) is 17.0 Å². The Balaban J connectivity index is 0.00000240. The molecule has 3 aromatic rings. The molecule has 1 saturated carbocycles. The monoisotopic (exact) mass is 378 g/mol. The van der Waals surface area contributed by atoms with Crippen molar-refractivity contribution in [2.75, 3.05) is 0 Å².